The summed E-state index contributed by atoms with van der Waals surface area (Å²) in [4.78, 5) is 0. The average Bonchev–Trinajstić information content (AvgIpc) is 3.09. The van der Waals surface area contributed by atoms with Gasteiger partial charge in [0.05, 0.1) is 6.04 Å². The summed E-state index contributed by atoms with van der Waals surface area (Å²) in [5.41, 5.74) is 1.10. The minimum atomic E-state index is 0.208. The fourth-order valence-electron chi connectivity index (χ4n) is 2.22. The maximum Gasteiger partial charge on any atom is 0.253 e. The molecule has 0 radical (unpaired) electrons. The number of para-hydroxylation sites is 1. The molecule has 2 aromatic rings. The summed E-state index contributed by atoms with van der Waals surface area (Å²) >= 11 is 0. The minimum absolute atomic E-state index is 0.208. The Morgan fingerprint density at radius 3 is 3.05 bits per heavy atom. The molecular formula is C14H17N3O2. The molecule has 5 nitrogen and oxygen atoms in total. The van der Waals surface area contributed by atoms with Crippen LogP contribution in [-0.4, -0.2) is 16.7 Å². The number of nitrogens with one attached hydrogen (secondary N) is 1. The molecule has 1 aliphatic rings. The average molecular weight is 259 g/mol. The molecule has 0 saturated carbocycles. The molecule has 0 bridgehead atoms. The van der Waals surface area contributed by atoms with Gasteiger partial charge in [-0.1, -0.05) is 18.2 Å². The van der Waals surface area contributed by atoms with Crippen molar-refractivity contribution >= 4 is 0 Å². The van der Waals surface area contributed by atoms with Crippen LogP contribution in [0.5, 0.6) is 5.75 Å². The Kier molecular flexibility index (Phi) is 3.46. The highest BCUT2D eigenvalue weighted by Gasteiger charge is 2.22. The largest absolute Gasteiger partial charge is 0.484 e. The van der Waals surface area contributed by atoms with E-state index in [1.54, 1.807) is 0 Å². The summed E-state index contributed by atoms with van der Waals surface area (Å²) < 4.78 is 11.3. The smallest absolute Gasteiger partial charge is 0.253 e. The molecule has 1 unspecified atom stereocenters. The molecule has 2 heterocycles. The molecule has 3 rings (SSSR count). The third-order valence-electron chi connectivity index (χ3n) is 3.29. The molecule has 1 atom stereocenters. The van der Waals surface area contributed by atoms with Crippen molar-refractivity contribution < 1.29 is 9.15 Å². The number of hydrogen-bond donors (Lipinski definition) is 1. The van der Waals surface area contributed by atoms with E-state index in [-0.39, 0.29) is 6.04 Å². The van der Waals surface area contributed by atoms with Gasteiger partial charge in [0.15, 0.2) is 6.61 Å². The molecule has 100 valence electrons. The van der Waals surface area contributed by atoms with E-state index in [1.807, 2.05) is 31.2 Å². The maximum absolute atomic E-state index is 5.68. The highest BCUT2D eigenvalue weighted by Crippen LogP contribution is 2.22. The second-order valence-corrected chi connectivity index (χ2v) is 4.74. The SMILES string of the molecule is Cc1ccccc1OCc1nnc(C2CCCN2)o1. The summed E-state index contributed by atoms with van der Waals surface area (Å²) in [5.74, 6) is 2.04. The van der Waals surface area contributed by atoms with Crippen molar-refractivity contribution in [3.63, 3.8) is 0 Å². The lowest BCUT2D eigenvalue weighted by molar-refractivity contribution is 0.254. The van der Waals surface area contributed by atoms with E-state index in [1.165, 1.54) is 0 Å². The molecule has 1 aromatic heterocycles. The summed E-state index contributed by atoms with van der Waals surface area (Å²) in [5, 5.41) is 11.4. The third kappa shape index (κ3) is 2.76. The van der Waals surface area contributed by atoms with Gasteiger partial charge in [0, 0.05) is 0 Å². The van der Waals surface area contributed by atoms with E-state index in [0.29, 0.717) is 18.4 Å². The molecule has 5 heteroatoms. The maximum atomic E-state index is 5.68. The van der Waals surface area contributed by atoms with Crippen molar-refractivity contribution in [2.45, 2.75) is 32.4 Å². The number of benzene rings is 1. The van der Waals surface area contributed by atoms with Gasteiger partial charge in [0.2, 0.25) is 5.89 Å². The van der Waals surface area contributed by atoms with Crippen molar-refractivity contribution in [3.05, 3.63) is 41.6 Å². The molecule has 1 N–H and O–H groups in total. The van der Waals surface area contributed by atoms with Gasteiger partial charge >= 0.3 is 0 Å². The Morgan fingerprint density at radius 2 is 2.26 bits per heavy atom. The van der Waals surface area contributed by atoms with Crippen molar-refractivity contribution in [1.82, 2.24) is 15.5 Å². The van der Waals surface area contributed by atoms with E-state index >= 15 is 0 Å². The highest BCUT2D eigenvalue weighted by atomic mass is 16.5. The predicted octanol–water partition coefficient (Wildman–Crippen LogP) is 2.38. The fraction of sp³-hybridized carbons (Fsp3) is 0.429. The van der Waals surface area contributed by atoms with E-state index in [9.17, 15) is 0 Å². The lowest BCUT2D eigenvalue weighted by atomic mass is 10.2. The normalized spacial score (nSPS) is 18.7. The Labute approximate surface area is 112 Å². The molecule has 1 saturated heterocycles. The number of ether oxygens (including phenoxy) is 1. The van der Waals surface area contributed by atoms with Crippen molar-refractivity contribution in [1.29, 1.82) is 0 Å². The summed E-state index contributed by atoms with van der Waals surface area (Å²) in [6.45, 7) is 3.34. The summed E-state index contributed by atoms with van der Waals surface area (Å²) in [6.07, 6.45) is 2.21. The van der Waals surface area contributed by atoms with Crippen LogP contribution in [-0.2, 0) is 6.61 Å². The molecule has 0 amide bonds. The third-order valence-corrected chi connectivity index (χ3v) is 3.29. The first kappa shape index (κ1) is 12.2. The number of hydrogen-bond acceptors (Lipinski definition) is 5. The summed E-state index contributed by atoms with van der Waals surface area (Å²) in [6, 6.07) is 8.09. The lowest BCUT2D eigenvalue weighted by Crippen LogP contribution is -2.12. The molecule has 19 heavy (non-hydrogen) atoms. The van der Waals surface area contributed by atoms with Gasteiger partial charge in [-0.05, 0) is 37.9 Å². The van der Waals surface area contributed by atoms with Crippen LogP contribution in [0.2, 0.25) is 0 Å². The molecule has 1 aliphatic heterocycles. The lowest BCUT2D eigenvalue weighted by Gasteiger charge is -2.06. The second kappa shape index (κ2) is 5.40. The van der Waals surface area contributed by atoms with Gasteiger partial charge in [0.1, 0.15) is 5.75 Å². The van der Waals surface area contributed by atoms with Crippen molar-refractivity contribution in [2.75, 3.05) is 6.54 Å². The van der Waals surface area contributed by atoms with Crippen LogP contribution in [0, 0.1) is 6.92 Å². The zero-order chi connectivity index (χ0) is 13.1. The molecule has 0 aliphatic carbocycles. The van der Waals surface area contributed by atoms with E-state index in [0.717, 1.165) is 30.7 Å². The minimum Gasteiger partial charge on any atom is -0.484 e. The van der Waals surface area contributed by atoms with Gasteiger partial charge in [0.25, 0.3) is 5.89 Å². The van der Waals surface area contributed by atoms with E-state index in [2.05, 4.69) is 15.5 Å². The van der Waals surface area contributed by atoms with Crippen LogP contribution < -0.4 is 10.1 Å². The van der Waals surface area contributed by atoms with Crippen molar-refractivity contribution in [3.8, 4) is 5.75 Å². The van der Waals surface area contributed by atoms with Crippen LogP contribution in [0.4, 0.5) is 0 Å². The Bertz CT molecular complexity index is 547. The summed E-state index contributed by atoms with van der Waals surface area (Å²) in [7, 11) is 0. The fourth-order valence-corrected chi connectivity index (χ4v) is 2.22. The number of nitrogens with zero attached hydrogens (tertiary/aromatic N) is 2. The van der Waals surface area contributed by atoms with Crippen LogP contribution in [0.15, 0.2) is 28.7 Å². The standard InChI is InChI=1S/C14H17N3O2/c1-10-5-2-3-7-12(10)18-9-13-16-17-14(19-13)11-6-4-8-15-11/h2-3,5,7,11,15H,4,6,8-9H2,1H3. The molecule has 1 aromatic carbocycles. The van der Waals surface area contributed by atoms with Crippen molar-refractivity contribution in [2.24, 2.45) is 0 Å². The van der Waals surface area contributed by atoms with Gasteiger partial charge < -0.3 is 14.5 Å². The van der Waals surface area contributed by atoms with E-state index in [4.69, 9.17) is 9.15 Å². The quantitative estimate of drug-likeness (QED) is 0.913. The Balaban J connectivity index is 1.63. The predicted molar refractivity (Wildman–Crippen MR) is 69.8 cm³/mol. The van der Waals surface area contributed by atoms with E-state index < -0.39 is 0 Å². The zero-order valence-corrected chi connectivity index (χ0v) is 10.9. The van der Waals surface area contributed by atoms with Gasteiger partial charge in [-0.3, -0.25) is 0 Å². The van der Waals surface area contributed by atoms with Gasteiger partial charge in [-0.25, -0.2) is 0 Å². The zero-order valence-electron chi connectivity index (χ0n) is 10.9. The Hall–Kier alpha value is -1.88. The number of aromatic nitrogens is 2. The first-order valence-corrected chi connectivity index (χ1v) is 6.57. The first-order valence-electron chi connectivity index (χ1n) is 6.57. The first-order chi connectivity index (χ1) is 9.33. The Morgan fingerprint density at radius 1 is 1.37 bits per heavy atom. The second-order valence-electron chi connectivity index (χ2n) is 4.74. The monoisotopic (exact) mass is 259 g/mol. The molecule has 1 fully saturated rings. The topological polar surface area (TPSA) is 60.2 Å². The van der Waals surface area contributed by atoms with Crippen LogP contribution >= 0.6 is 0 Å². The van der Waals surface area contributed by atoms with Crippen LogP contribution in [0.3, 0.4) is 0 Å². The molecule has 0 spiro atoms. The van der Waals surface area contributed by atoms with Crippen LogP contribution in [0.25, 0.3) is 0 Å². The number of aryl methyl sites for hydroxylation is 1. The van der Waals surface area contributed by atoms with Gasteiger partial charge in [-0.15, -0.1) is 10.2 Å². The molecular weight excluding hydrogens is 242 g/mol. The van der Waals surface area contributed by atoms with Gasteiger partial charge in [-0.2, -0.15) is 0 Å². The number of rotatable bonds is 4. The highest BCUT2D eigenvalue weighted by molar-refractivity contribution is 5.31. The van der Waals surface area contributed by atoms with Crippen LogP contribution in [0.1, 0.15) is 36.2 Å².